The number of ketones is 1. The molecule has 0 spiro atoms. The Kier molecular flexibility index (Phi) is 2.49. The van der Waals surface area contributed by atoms with Crippen molar-refractivity contribution in [1.29, 1.82) is 0 Å². The molecular weight excluding hydrogens is 243 g/mol. The van der Waals surface area contributed by atoms with Crippen LogP contribution >= 0.6 is 23.2 Å². The van der Waals surface area contributed by atoms with Crippen LogP contribution in [0, 0.1) is 17.8 Å². The Morgan fingerprint density at radius 3 is 2.56 bits per heavy atom. The molecule has 2 saturated carbocycles. The monoisotopic (exact) mass is 254 g/mol. The Balaban J connectivity index is 1.87. The lowest BCUT2D eigenvalue weighted by molar-refractivity contribution is 0.0952. The van der Waals surface area contributed by atoms with Gasteiger partial charge in [-0.1, -0.05) is 29.6 Å². The molecule has 2 aliphatic rings. The summed E-state index contributed by atoms with van der Waals surface area (Å²) in [6.45, 7) is 0. The largest absolute Gasteiger partial charge is 0.294 e. The lowest BCUT2D eigenvalue weighted by Crippen LogP contribution is -2.07. The molecule has 0 amide bonds. The van der Waals surface area contributed by atoms with Crippen LogP contribution in [-0.2, 0) is 0 Å². The number of Topliss-reactive ketones (excluding diaryl/α,β-unsaturated/α-hetero) is 1. The van der Waals surface area contributed by atoms with Gasteiger partial charge in [0.2, 0.25) is 0 Å². The quantitative estimate of drug-likeness (QED) is 0.723. The third-order valence-corrected chi connectivity index (χ3v) is 4.47. The topological polar surface area (TPSA) is 17.1 Å². The predicted molar refractivity (Wildman–Crippen MR) is 65.1 cm³/mol. The standard InChI is InChI=1S/C13H12Cl2O/c14-7-4-5-11(15)10(6-7)13(16)12-8-2-1-3-9(8)12/h4-6,8-9,12H,1-3H2. The fourth-order valence-corrected chi connectivity index (χ4v) is 3.46. The molecule has 1 aromatic carbocycles. The zero-order chi connectivity index (χ0) is 11.3. The van der Waals surface area contributed by atoms with Gasteiger partial charge in [-0.05, 0) is 42.9 Å². The van der Waals surface area contributed by atoms with Crippen molar-refractivity contribution in [3.8, 4) is 0 Å². The van der Waals surface area contributed by atoms with Crippen molar-refractivity contribution < 1.29 is 4.79 Å². The number of carbonyl (C=O) groups is 1. The van der Waals surface area contributed by atoms with Crippen LogP contribution in [0.1, 0.15) is 29.6 Å². The van der Waals surface area contributed by atoms with Crippen LogP contribution in [0.3, 0.4) is 0 Å². The summed E-state index contributed by atoms with van der Waals surface area (Å²) in [6, 6.07) is 5.12. The lowest BCUT2D eigenvalue weighted by atomic mass is 10.0. The molecule has 0 radical (unpaired) electrons. The maximum Gasteiger partial charge on any atom is 0.168 e. The summed E-state index contributed by atoms with van der Waals surface area (Å²) >= 11 is 11.9. The zero-order valence-corrected chi connectivity index (χ0v) is 10.3. The molecule has 16 heavy (non-hydrogen) atoms. The van der Waals surface area contributed by atoms with E-state index in [0.29, 0.717) is 27.4 Å². The first-order valence-electron chi connectivity index (χ1n) is 5.68. The molecule has 2 unspecified atom stereocenters. The van der Waals surface area contributed by atoms with Gasteiger partial charge in [0.15, 0.2) is 5.78 Å². The van der Waals surface area contributed by atoms with Crippen LogP contribution in [0.15, 0.2) is 18.2 Å². The molecule has 2 aliphatic carbocycles. The Bertz CT molecular complexity index is 445. The molecule has 3 rings (SSSR count). The van der Waals surface area contributed by atoms with Gasteiger partial charge in [0, 0.05) is 16.5 Å². The maximum absolute atomic E-state index is 12.3. The molecule has 0 N–H and O–H groups in total. The van der Waals surface area contributed by atoms with Gasteiger partial charge in [0.1, 0.15) is 0 Å². The SMILES string of the molecule is O=C(c1cc(Cl)ccc1Cl)C1C2CCCC21. The van der Waals surface area contributed by atoms with E-state index in [9.17, 15) is 4.79 Å². The molecule has 84 valence electrons. The number of benzene rings is 1. The second-order valence-electron chi connectivity index (χ2n) is 4.77. The summed E-state index contributed by atoms with van der Waals surface area (Å²) in [5.74, 6) is 1.68. The van der Waals surface area contributed by atoms with Crippen molar-refractivity contribution in [3.63, 3.8) is 0 Å². The predicted octanol–water partition coefficient (Wildman–Crippen LogP) is 4.22. The zero-order valence-electron chi connectivity index (χ0n) is 8.75. The summed E-state index contributed by atoms with van der Waals surface area (Å²) in [7, 11) is 0. The van der Waals surface area contributed by atoms with Crippen molar-refractivity contribution in [1.82, 2.24) is 0 Å². The lowest BCUT2D eigenvalue weighted by Gasteiger charge is -2.05. The summed E-state index contributed by atoms with van der Waals surface area (Å²) in [5, 5.41) is 1.11. The molecular formula is C13H12Cl2O. The highest BCUT2D eigenvalue weighted by molar-refractivity contribution is 6.36. The van der Waals surface area contributed by atoms with Crippen molar-refractivity contribution >= 4 is 29.0 Å². The highest BCUT2D eigenvalue weighted by Crippen LogP contribution is 2.58. The minimum absolute atomic E-state index is 0.196. The van der Waals surface area contributed by atoms with E-state index in [2.05, 4.69) is 0 Å². The van der Waals surface area contributed by atoms with Gasteiger partial charge in [-0.25, -0.2) is 0 Å². The van der Waals surface area contributed by atoms with Crippen LogP contribution in [-0.4, -0.2) is 5.78 Å². The number of hydrogen-bond acceptors (Lipinski definition) is 1. The Hall–Kier alpha value is -0.530. The molecule has 1 aromatic rings. The third kappa shape index (κ3) is 1.57. The summed E-state index contributed by atoms with van der Waals surface area (Å²) < 4.78 is 0. The second-order valence-corrected chi connectivity index (χ2v) is 5.62. The summed E-state index contributed by atoms with van der Waals surface area (Å²) in [6.07, 6.45) is 3.70. The minimum atomic E-state index is 0.196. The second kappa shape index (κ2) is 3.75. The first-order valence-corrected chi connectivity index (χ1v) is 6.43. The van der Waals surface area contributed by atoms with Crippen LogP contribution in [0.2, 0.25) is 10.0 Å². The first-order chi connectivity index (χ1) is 7.68. The van der Waals surface area contributed by atoms with E-state index in [4.69, 9.17) is 23.2 Å². The van der Waals surface area contributed by atoms with E-state index in [0.717, 1.165) is 0 Å². The van der Waals surface area contributed by atoms with Crippen LogP contribution in [0.5, 0.6) is 0 Å². The van der Waals surface area contributed by atoms with Crippen molar-refractivity contribution in [2.24, 2.45) is 17.8 Å². The smallest absolute Gasteiger partial charge is 0.168 e. The van der Waals surface area contributed by atoms with Gasteiger partial charge < -0.3 is 0 Å². The fraction of sp³-hybridized carbons (Fsp3) is 0.462. The molecule has 0 heterocycles. The van der Waals surface area contributed by atoms with E-state index < -0.39 is 0 Å². The Morgan fingerprint density at radius 2 is 1.88 bits per heavy atom. The van der Waals surface area contributed by atoms with Crippen molar-refractivity contribution in [2.45, 2.75) is 19.3 Å². The van der Waals surface area contributed by atoms with Gasteiger partial charge in [0.05, 0.1) is 5.02 Å². The molecule has 0 aromatic heterocycles. The van der Waals surface area contributed by atoms with Gasteiger partial charge in [0.25, 0.3) is 0 Å². The van der Waals surface area contributed by atoms with E-state index in [-0.39, 0.29) is 11.7 Å². The van der Waals surface area contributed by atoms with Gasteiger partial charge >= 0.3 is 0 Å². The molecule has 2 atom stereocenters. The number of halogens is 2. The average Bonchev–Trinajstić information content (AvgIpc) is 2.74. The first kappa shape index (κ1) is 10.6. The molecule has 2 fully saturated rings. The van der Waals surface area contributed by atoms with E-state index in [1.165, 1.54) is 19.3 Å². The molecule has 1 nitrogen and oxygen atoms in total. The van der Waals surface area contributed by atoms with E-state index >= 15 is 0 Å². The van der Waals surface area contributed by atoms with Crippen molar-refractivity contribution in [2.75, 3.05) is 0 Å². The number of fused-ring (bicyclic) bond motifs is 1. The van der Waals surface area contributed by atoms with Crippen LogP contribution < -0.4 is 0 Å². The summed E-state index contributed by atoms with van der Waals surface area (Å²) in [5.41, 5.74) is 0.605. The van der Waals surface area contributed by atoms with Crippen molar-refractivity contribution in [3.05, 3.63) is 33.8 Å². The fourth-order valence-electron chi connectivity index (χ4n) is 3.08. The Morgan fingerprint density at radius 1 is 1.19 bits per heavy atom. The maximum atomic E-state index is 12.3. The van der Waals surface area contributed by atoms with Crippen LogP contribution in [0.4, 0.5) is 0 Å². The normalized spacial score (nSPS) is 31.2. The van der Waals surface area contributed by atoms with E-state index in [1.807, 2.05) is 0 Å². The number of carbonyl (C=O) groups excluding carboxylic acids is 1. The minimum Gasteiger partial charge on any atom is -0.294 e. The number of rotatable bonds is 2. The molecule has 0 aliphatic heterocycles. The van der Waals surface area contributed by atoms with Gasteiger partial charge in [-0.15, -0.1) is 0 Å². The number of hydrogen-bond donors (Lipinski definition) is 0. The molecule has 3 heteroatoms. The third-order valence-electron chi connectivity index (χ3n) is 3.90. The van der Waals surface area contributed by atoms with E-state index in [1.54, 1.807) is 18.2 Å². The molecule has 0 saturated heterocycles. The molecule has 0 bridgehead atoms. The van der Waals surface area contributed by atoms with Crippen LogP contribution in [0.25, 0.3) is 0 Å². The van der Waals surface area contributed by atoms with Gasteiger partial charge in [-0.2, -0.15) is 0 Å². The highest BCUT2D eigenvalue weighted by Gasteiger charge is 2.56. The Labute approximate surface area is 105 Å². The van der Waals surface area contributed by atoms with Gasteiger partial charge in [-0.3, -0.25) is 4.79 Å². The summed E-state index contributed by atoms with van der Waals surface area (Å²) in [4.78, 5) is 12.3. The average molecular weight is 255 g/mol. The highest BCUT2D eigenvalue weighted by atomic mass is 35.5.